The van der Waals surface area contributed by atoms with Crippen molar-refractivity contribution in [2.45, 2.75) is 19.4 Å². The zero-order chi connectivity index (χ0) is 16.1. The van der Waals surface area contributed by atoms with E-state index < -0.39 is 12.0 Å². The molecule has 1 unspecified atom stereocenters. The summed E-state index contributed by atoms with van der Waals surface area (Å²) in [6.07, 6.45) is 5.63. The quantitative estimate of drug-likeness (QED) is 0.662. The molecule has 0 saturated carbocycles. The molecule has 1 N–H and O–H groups in total. The first-order valence-corrected chi connectivity index (χ1v) is 7.98. The van der Waals surface area contributed by atoms with Gasteiger partial charge in [0.1, 0.15) is 10.4 Å². The fraction of sp³-hybridized carbons (Fsp3) is 0.188. The summed E-state index contributed by atoms with van der Waals surface area (Å²) in [5, 5.41) is 9.18. The molecule has 0 aliphatic carbocycles. The van der Waals surface area contributed by atoms with Crippen molar-refractivity contribution in [3.05, 3.63) is 53.0 Å². The summed E-state index contributed by atoms with van der Waals surface area (Å²) in [5.41, 5.74) is 1.02. The SMILES string of the molecule is CCC(C(=O)O)N1C(=O)C(=CC=Cc2ccccc2)SC1=S. The Hall–Kier alpha value is -1.92. The smallest absolute Gasteiger partial charge is 0.326 e. The van der Waals surface area contributed by atoms with Gasteiger partial charge in [0.15, 0.2) is 0 Å². The molecule has 2 rings (SSSR count). The molecule has 1 amide bonds. The number of carbonyl (C=O) groups is 2. The summed E-state index contributed by atoms with van der Waals surface area (Å²) in [6, 6.07) is 8.78. The zero-order valence-corrected chi connectivity index (χ0v) is 13.6. The van der Waals surface area contributed by atoms with E-state index in [9.17, 15) is 14.7 Å². The van der Waals surface area contributed by atoms with Gasteiger partial charge in [0.05, 0.1) is 4.91 Å². The van der Waals surface area contributed by atoms with Crippen molar-refractivity contribution in [2.24, 2.45) is 0 Å². The van der Waals surface area contributed by atoms with E-state index >= 15 is 0 Å². The molecule has 22 heavy (non-hydrogen) atoms. The standard InChI is InChI=1S/C16H15NO3S2/c1-2-12(15(19)20)17-14(18)13(22-16(17)21)10-6-9-11-7-4-3-5-8-11/h3-10,12H,2H2,1H3,(H,19,20). The maximum absolute atomic E-state index is 12.3. The van der Waals surface area contributed by atoms with E-state index in [4.69, 9.17) is 12.2 Å². The number of hydrogen-bond acceptors (Lipinski definition) is 4. The summed E-state index contributed by atoms with van der Waals surface area (Å²) in [7, 11) is 0. The monoisotopic (exact) mass is 333 g/mol. The average Bonchev–Trinajstić information content (AvgIpc) is 2.77. The van der Waals surface area contributed by atoms with Crippen LogP contribution in [-0.2, 0) is 9.59 Å². The highest BCUT2D eigenvalue weighted by Crippen LogP contribution is 2.33. The van der Waals surface area contributed by atoms with Gasteiger partial charge in [0, 0.05) is 0 Å². The second-order valence-corrected chi connectivity index (χ2v) is 6.28. The van der Waals surface area contributed by atoms with Crippen molar-refractivity contribution in [3.8, 4) is 0 Å². The molecule has 1 heterocycles. The molecule has 1 saturated heterocycles. The first-order valence-electron chi connectivity index (χ1n) is 6.76. The lowest BCUT2D eigenvalue weighted by Gasteiger charge is -2.21. The first-order chi connectivity index (χ1) is 10.5. The molecule has 1 fully saturated rings. The number of benzene rings is 1. The normalized spacial score (nSPS) is 18.4. The average molecular weight is 333 g/mol. The van der Waals surface area contributed by atoms with Crippen LogP contribution in [0.1, 0.15) is 18.9 Å². The van der Waals surface area contributed by atoms with Crippen molar-refractivity contribution >= 4 is 46.3 Å². The van der Waals surface area contributed by atoms with Gasteiger partial charge in [-0.3, -0.25) is 9.69 Å². The van der Waals surface area contributed by atoms with Crippen molar-refractivity contribution in [3.63, 3.8) is 0 Å². The lowest BCUT2D eigenvalue weighted by molar-refractivity contribution is -0.145. The molecule has 1 aliphatic rings. The number of allylic oxidation sites excluding steroid dienone is 2. The van der Waals surface area contributed by atoms with Crippen molar-refractivity contribution in [2.75, 3.05) is 0 Å². The summed E-state index contributed by atoms with van der Waals surface area (Å²) < 4.78 is 0.290. The summed E-state index contributed by atoms with van der Waals surface area (Å²) >= 11 is 6.27. The molecule has 4 nitrogen and oxygen atoms in total. The van der Waals surface area contributed by atoms with E-state index in [1.165, 1.54) is 4.90 Å². The number of aliphatic carboxylic acids is 1. The van der Waals surface area contributed by atoms with Crippen LogP contribution < -0.4 is 0 Å². The molecule has 0 bridgehead atoms. The van der Waals surface area contributed by atoms with Crippen molar-refractivity contribution in [1.82, 2.24) is 4.90 Å². The van der Waals surface area contributed by atoms with E-state index in [0.717, 1.165) is 17.3 Å². The Morgan fingerprint density at radius 2 is 2.09 bits per heavy atom. The number of hydrogen-bond donors (Lipinski definition) is 1. The fourth-order valence-electron chi connectivity index (χ4n) is 2.04. The predicted octanol–water partition coefficient (Wildman–Crippen LogP) is 3.31. The number of amides is 1. The molecule has 0 radical (unpaired) electrons. The topological polar surface area (TPSA) is 57.6 Å². The Bertz CT molecular complexity index is 653. The van der Waals surface area contributed by atoms with Gasteiger partial charge in [-0.1, -0.05) is 73.4 Å². The van der Waals surface area contributed by atoms with Crippen LogP contribution in [0.25, 0.3) is 6.08 Å². The molecule has 1 aromatic rings. The molecule has 0 aromatic heterocycles. The molecular weight excluding hydrogens is 318 g/mol. The minimum absolute atomic E-state index is 0.290. The second kappa shape index (κ2) is 7.38. The Morgan fingerprint density at radius 1 is 1.41 bits per heavy atom. The molecule has 114 valence electrons. The minimum Gasteiger partial charge on any atom is -0.480 e. The van der Waals surface area contributed by atoms with Crippen LogP contribution in [0.4, 0.5) is 0 Å². The van der Waals surface area contributed by atoms with Gasteiger partial charge in [-0.2, -0.15) is 0 Å². The number of carboxylic acids is 1. The van der Waals surface area contributed by atoms with Gasteiger partial charge in [0.2, 0.25) is 0 Å². The maximum Gasteiger partial charge on any atom is 0.326 e. The Kier molecular flexibility index (Phi) is 5.51. The highest BCUT2D eigenvalue weighted by Gasteiger charge is 2.39. The molecule has 1 aliphatic heterocycles. The van der Waals surface area contributed by atoms with Gasteiger partial charge in [-0.05, 0) is 18.1 Å². The number of nitrogens with zero attached hydrogens (tertiary/aromatic N) is 1. The molecule has 1 atom stereocenters. The highest BCUT2D eigenvalue weighted by molar-refractivity contribution is 8.26. The van der Waals surface area contributed by atoms with Crippen LogP contribution in [0.2, 0.25) is 0 Å². The third kappa shape index (κ3) is 3.64. The van der Waals surface area contributed by atoms with Gasteiger partial charge in [-0.15, -0.1) is 0 Å². The van der Waals surface area contributed by atoms with Crippen LogP contribution in [0.5, 0.6) is 0 Å². The zero-order valence-electron chi connectivity index (χ0n) is 11.9. The van der Waals surface area contributed by atoms with Gasteiger partial charge < -0.3 is 5.11 Å². The van der Waals surface area contributed by atoms with Crippen LogP contribution >= 0.6 is 24.0 Å². The molecule has 0 spiro atoms. The van der Waals surface area contributed by atoms with E-state index in [0.29, 0.717) is 15.6 Å². The number of thiocarbonyl (C=S) groups is 1. The van der Waals surface area contributed by atoms with Crippen LogP contribution in [0.15, 0.2) is 47.4 Å². The Labute approximate surface area is 138 Å². The van der Waals surface area contributed by atoms with E-state index in [1.807, 2.05) is 36.4 Å². The number of rotatable bonds is 5. The molecular formula is C16H15NO3S2. The molecule has 1 aromatic carbocycles. The van der Waals surface area contributed by atoms with Gasteiger partial charge in [-0.25, -0.2) is 4.79 Å². The van der Waals surface area contributed by atoms with E-state index in [1.54, 1.807) is 19.1 Å². The number of carboxylic acid groups (broad SMARTS) is 1. The van der Waals surface area contributed by atoms with Crippen molar-refractivity contribution < 1.29 is 14.7 Å². The van der Waals surface area contributed by atoms with Crippen LogP contribution in [0.3, 0.4) is 0 Å². The Balaban J connectivity index is 2.16. The first kappa shape index (κ1) is 16.5. The third-order valence-corrected chi connectivity index (χ3v) is 4.49. The summed E-state index contributed by atoms with van der Waals surface area (Å²) in [5.74, 6) is -1.39. The fourth-order valence-corrected chi connectivity index (χ4v) is 3.35. The minimum atomic E-state index is -1.04. The van der Waals surface area contributed by atoms with E-state index in [2.05, 4.69) is 0 Å². The number of carbonyl (C=O) groups excluding carboxylic acids is 1. The lowest BCUT2D eigenvalue weighted by atomic mass is 10.2. The van der Waals surface area contributed by atoms with Crippen molar-refractivity contribution in [1.29, 1.82) is 0 Å². The lowest BCUT2D eigenvalue weighted by Crippen LogP contribution is -2.43. The predicted molar refractivity (Wildman–Crippen MR) is 92.3 cm³/mol. The second-order valence-electron chi connectivity index (χ2n) is 4.61. The Morgan fingerprint density at radius 3 is 2.68 bits per heavy atom. The van der Waals surface area contributed by atoms with Crippen LogP contribution in [0, 0.1) is 0 Å². The maximum atomic E-state index is 12.3. The van der Waals surface area contributed by atoms with E-state index in [-0.39, 0.29) is 5.91 Å². The highest BCUT2D eigenvalue weighted by atomic mass is 32.2. The number of thioether (sulfide) groups is 1. The van der Waals surface area contributed by atoms with Gasteiger partial charge in [0.25, 0.3) is 5.91 Å². The summed E-state index contributed by atoms with van der Waals surface area (Å²) in [4.78, 5) is 25.2. The largest absolute Gasteiger partial charge is 0.480 e. The van der Waals surface area contributed by atoms with Gasteiger partial charge >= 0.3 is 5.97 Å². The van der Waals surface area contributed by atoms with Crippen LogP contribution in [-0.4, -0.2) is 32.2 Å². The summed E-state index contributed by atoms with van der Waals surface area (Å²) in [6.45, 7) is 1.72. The third-order valence-electron chi connectivity index (χ3n) is 3.14. The molecule has 6 heteroatoms.